The highest BCUT2D eigenvalue weighted by atomic mass is 32.2. The van der Waals surface area contributed by atoms with Crippen molar-refractivity contribution >= 4 is 37.9 Å². The fourth-order valence-electron chi connectivity index (χ4n) is 4.57. The number of fused-ring (bicyclic) bond motifs is 1. The van der Waals surface area contributed by atoms with E-state index in [-0.39, 0.29) is 29.3 Å². The first kappa shape index (κ1) is 28.6. The predicted octanol–water partition coefficient (Wildman–Crippen LogP) is 5.03. The molecule has 0 fully saturated rings. The molecule has 0 saturated heterocycles. The molecule has 0 saturated carbocycles. The lowest BCUT2D eigenvalue weighted by atomic mass is 10.2. The van der Waals surface area contributed by atoms with Gasteiger partial charge in [-0.15, -0.1) is 0 Å². The molecular weight excluding hydrogens is 559 g/mol. The number of pyridine rings is 1. The molecule has 0 aliphatic heterocycles. The number of ether oxygens (including phenoxy) is 2. The molecule has 5 aromatic rings. The average molecular weight is 589 g/mol. The summed E-state index contributed by atoms with van der Waals surface area (Å²) in [5.41, 5.74) is 1.03. The van der Waals surface area contributed by atoms with Crippen LogP contribution in [0.3, 0.4) is 0 Å². The van der Waals surface area contributed by atoms with Gasteiger partial charge in [-0.25, -0.2) is 9.07 Å². The van der Waals surface area contributed by atoms with Gasteiger partial charge < -0.3 is 14.8 Å². The number of halogens is 1. The molecule has 2 heterocycles. The van der Waals surface area contributed by atoms with Crippen molar-refractivity contribution in [3.8, 4) is 22.9 Å². The largest absolute Gasteiger partial charge is 0.497 e. The van der Waals surface area contributed by atoms with Gasteiger partial charge in [0.05, 0.1) is 30.6 Å². The van der Waals surface area contributed by atoms with Gasteiger partial charge in [0, 0.05) is 41.4 Å². The van der Waals surface area contributed by atoms with Gasteiger partial charge in [0.25, 0.3) is 11.5 Å². The van der Waals surface area contributed by atoms with Gasteiger partial charge >= 0.3 is 0 Å². The zero-order valence-corrected chi connectivity index (χ0v) is 24.1. The van der Waals surface area contributed by atoms with E-state index in [1.54, 1.807) is 79.7 Å². The van der Waals surface area contributed by atoms with Gasteiger partial charge in [0.2, 0.25) is 0 Å². The van der Waals surface area contributed by atoms with Crippen molar-refractivity contribution in [1.29, 1.82) is 0 Å². The Morgan fingerprint density at radius 1 is 1.07 bits per heavy atom. The quantitative estimate of drug-likeness (QED) is 0.242. The Morgan fingerprint density at radius 3 is 2.52 bits per heavy atom. The maximum absolute atomic E-state index is 15.2. The SMILES string of the molecule is C=S(C)(=O)CCn1c(C)c(C(=O)Nc2ccc(Oc3ccnc4cc(OC)ccc34)c(F)c2)c(=O)n1-c1ccccc1. The highest BCUT2D eigenvalue weighted by Crippen LogP contribution is 2.33. The molecule has 216 valence electrons. The number of hydrogen-bond donors (Lipinski definition) is 1. The van der Waals surface area contributed by atoms with Crippen molar-refractivity contribution in [1.82, 2.24) is 14.3 Å². The number of amides is 1. The van der Waals surface area contributed by atoms with Crippen molar-refractivity contribution in [3.05, 3.63) is 106 Å². The number of anilines is 1. The summed E-state index contributed by atoms with van der Waals surface area (Å²) in [6, 6.07) is 19.7. The summed E-state index contributed by atoms with van der Waals surface area (Å²) in [5, 5.41) is 3.29. The molecule has 2 aromatic heterocycles. The normalized spacial score (nSPS) is 12.6. The number of rotatable bonds is 9. The van der Waals surface area contributed by atoms with Crippen LogP contribution in [-0.4, -0.2) is 49.5 Å². The number of hydrogen-bond acceptors (Lipinski definition) is 6. The van der Waals surface area contributed by atoms with Gasteiger partial charge in [-0.1, -0.05) is 18.2 Å². The van der Waals surface area contributed by atoms with Crippen molar-refractivity contribution in [2.24, 2.45) is 0 Å². The summed E-state index contributed by atoms with van der Waals surface area (Å²) in [5.74, 6) is 3.47. The second kappa shape index (κ2) is 11.5. The molecule has 11 heteroatoms. The number of methoxy groups -OCH3 is 1. The monoisotopic (exact) mass is 588 g/mol. The van der Waals surface area contributed by atoms with Crippen LogP contribution in [0.15, 0.2) is 83.8 Å². The lowest BCUT2D eigenvalue weighted by Crippen LogP contribution is -2.26. The Bertz CT molecular complexity index is 1970. The maximum Gasteiger partial charge on any atom is 0.284 e. The molecular formula is C31H29FN4O5S. The minimum atomic E-state index is -2.36. The first-order chi connectivity index (χ1) is 20.1. The van der Waals surface area contributed by atoms with Crippen LogP contribution in [0.2, 0.25) is 0 Å². The Hall–Kier alpha value is -4.90. The van der Waals surface area contributed by atoms with Gasteiger partial charge in [-0.05, 0) is 64.8 Å². The van der Waals surface area contributed by atoms with Gasteiger partial charge in [-0.3, -0.25) is 23.5 Å². The van der Waals surface area contributed by atoms with Crippen LogP contribution < -0.4 is 20.3 Å². The molecule has 1 unspecified atom stereocenters. The number of aromatic nitrogens is 3. The van der Waals surface area contributed by atoms with E-state index in [1.807, 2.05) is 6.07 Å². The van der Waals surface area contributed by atoms with Crippen LogP contribution in [0.1, 0.15) is 16.1 Å². The van der Waals surface area contributed by atoms with E-state index < -0.39 is 26.8 Å². The topological polar surface area (TPSA) is 104 Å². The Labute approximate surface area is 242 Å². The highest BCUT2D eigenvalue weighted by Gasteiger charge is 2.24. The minimum absolute atomic E-state index is 0.0542. The molecule has 1 N–H and O–H groups in total. The molecule has 0 aliphatic carbocycles. The third-order valence-electron chi connectivity index (χ3n) is 6.68. The van der Waals surface area contributed by atoms with Crippen LogP contribution in [0.25, 0.3) is 16.6 Å². The van der Waals surface area contributed by atoms with Gasteiger partial charge in [0.15, 0.2) is 11.6 Å². The lowest BCUT2D eigenvalue weighted by molar-refractivity contribution is 0.102. The molecule has 3 aromatic carbocycles. The standard InChI is InChI=1S/C31H29FN4O5S/c1-20-29(31(38)36(22-8-6-5-7-9-22)35(20)16-17-42(3,4)39)30(37)34-21-10-13-28(25(32)18-21)41-27-14-15-33-26-19-23(40-2)11-12-24(26)27/h5-15,18-19H,3,16-17H2,1-2,4H3,(H,34,37). The number of carbonyl (C=O) groups excluding carboxylic acids is 1. The Kier molecular flexibility index (Phi) is 7.86. The summed E-state index contributed by atoms with van der Waals surface area (Å²) in [7, 11) is -0.800. The van der Waals surface area contributed by atoms with Crippen LogP contribution in [-0.2, 0) is 16.1 Å². The number of nitrogens with one attached hydrogen (secondary N) is 1. The smallest absolute Gasteiger partial charge is 0.284 e. The molecule has 5 rings (SSSR count). The molecule has 0 bridgehead atoms. The summed E-state index contributed by atoms with van der Waals surface area (Å²) in [6.07, 6.45) is 3.09. The maximum atomic E-state index is 15.2. The number of nitrogens with zero attached hydrogens (tertiary/aromatic N) is 3. The molecule has 9 nitrogen and oxygen atoms in total. The zero-order chi connectivity index (χ0) is 30.0. The number of para-hydroxylation sites is 1. The van der Waals surface area contributed by atoms with Crippen molar-refractivity contribution < 1.29 is 22.9 Å². The van der Waals surface area contributed by atoms with E-state index in [0.29, 0.717) is 33.8 Å². The van der Waals surface area contributed by atoms with Gasteiger partial charge in [0.1, 0.15) is 17.1 Å². The van der Waals surface area contributed by atoms with Crippen LogP contribution >= 0.6 is 0 Å². The van der Waals surface area contributed by atoms with Crippen LogP contribution in [0.5, 0.6) is 17.2 Å². The fraction of sp³-hybridized carbons (Fsp3) is 0.161. The van der Waals surface area contributed by atoms with Crippen molar-refractivity contribution in [2.45, 2.75) is 13.5 Å². The van der Waals surface area contributed by atoms with E-state index >= 15 is 4.39 Å². The van der Waals surface area contributed by atoms with E-state index in [0.717, 1.165) is 6.07 Å². The molecule has 42 heavy (non-hydrogen) atoms. The van der Waals surface area contributed by atoms with Crippen molar-refractivity contribution in [2.75, 3.05) is 24.4 Å². The summed E-state index contributed by atoms with van der Waals surface area (Å²) >= 11 is 0. The highest BCUT2D eigenvalue weighted by molar-refractivity contribution is 7.99. The number of carbonyl (C=O) groups is 1. The molecule has 1 amide bonds. The number of benzene rings is 3. The van der Waals surface area contributed by atoms with E-state index in [2.05, 4.69) is 16.2 Å². The fourth-order valence-corrected chi connectivity index (χ4v) is 5.13. The predicted molar refractivity (Wildman–Crippen MR) is 164 cm³/mol. The second-order valence-electron chi connectivity index (χ2n) is 9.82. The second-order valence-corrected chi connectivity index (χ2v) is 12.6. The third kappa shape index (κ3) is 5.91. The van der Waals surface area contributed by atoms with Crippen LogP contribution in [0.4, 0.5) is 10.1 Å². The lowest BCUT2D eigenvalue weighted by Gasteiger charge is -2.14. The van der Waals surface area contributed by atoms with Crippen molar-refractivity contribution in [3.63, 3.8) is 0 Å². The molecule has 0 radical (unpaired) electrons. The zero-order valence-electron chi connectivity index (χ0n) is 23.3. The van der Waals surface area contributed by atoms with Crippen LogP contribution in [0, 0.1) is 12.7 Å². The summed E-state index contributed by atoms with van der Waals surface area (Å²) in [4.78, 5) is 31.2. The molecule has 1 atom stereocenters. The first-order valence-electron chi connectivity index (χ1n) is 12.9. The minimum Gasteiger partial charge on any atom is -0.497 e. The Morgan fingerprint density at radius 2 is 1.83 bits per heavy atom. The molecule has 0 aliphatic rings. The van der Waals surface area contributed by atoms with Gasteiger partial charge in [-0.2, -0.15) is 0 Å². The van der Waals surface area contributed by atoms with E-state index in [1.165, 1.54) is 16.8 Å². The molecule has 0 spiro atoms. The van der Waals surface area contributed by atoms with E-state index in [4.69, 9.17) is 9.47 Å². The third-order valence-corrected chi connectivity index (χ3v) is 7.73. The first-order valence-corrected chi connectivity index (χ1v) is 15.3. The van der Waals surface area contributed by atoms with E-state index in [9.17, 15) is 13.8 Å². The summed E-state index contributed by atoms with van der Waals surface area (Å²) < 4.78 is 41.5. The average Bonchev–Trinajstić information content (AvgIpc) is 3.22. The Balaban J connectivity index is 1.43. The summed E-state index contributed by atoms with van der Waals surface area (Å²) in [6.45, 7) is 1.85.